The van der Waals surface area contributed by atoms with Gasteiger partial charge in [-0.05, 0) is 156 Å². The van der Waals surface area contributed by atoms with Crippen LogP contribution in [0.25, 0.3) is 93.2 Å². The molecule has 0 spiro atoms. The number of rotatable bonds is 6. The molecule has 0 nitrogen and oxygen atoms in total. The summed E-state index contributed by atoms with van der Waals surface area (Å²) >= 11 is 0. The molecule has 2 aliphatic rings. The van der Waals surface area contributed by atoms with Gasteiger partial charge in [0.1, 0.15) is 0 Å². The minimum Gasteiger partial charge on any atom is -0.0622 e. The van der Waals surface area contributed by atoms with Crippen molar-refractivity contribution < 1.29 is 0 Å². The largest absolute Gasteiger partial charge is 0.0622 e. The molecule has 0 radical (unpaired) electrons. The van der Waals surface area contributed by atoms with E-state index in [-0.39, 0.29) is 0 Å². The number of benzene rings is 11. The summed E-state index contributed by atoms with van der Waals surface area (Å²) in [5.41, 5.74) is 20.0. The fraction of sp³-hybridized carbons (Fsp3) is 0. The number of fused-ring (bicyclic) bond motifs is 7. The predicted molar refractivity (Wildman–Crippen MR) is 273 cm³/mol. The van der Waals surface area contributed by atoms with E-state index in [1.165, 1.54) is 132 Å². The van der Waals surface area contributed by atoms with E-state index in [9.17, 15) is 0 Å². The van der Waals surface area contributed by atoms with Gasteiger partial charge in [-0.25, -0.2) is 0 Å². The zero-order valence-electron chi connectivity index (χ0n) is 35.1. The molecule has 0 fully saturated rings. The van der Waals surface area contributed by atoms with Crippen molar-refractivity contribution >= 4 is 71.0 Å². The lowest BCUT2D eigenvalue weighted by Crippen LogP contribution is -1.99. The van der Waals surface area contributed by atoms with Crippen molar-refractivity contribution in [1.82, 2.24) is 0 Å². The molecule has 0 heterocycles. The number of hydrogen-bond acceptors (Lipinski definition) is 0. The van der Waals surface area contributed by atoms with Crippen LogP contribution in [0.15, 0.2) is 248 Å². The van der Waals surface area contributed by atoms with E-state index >= 15 is 0 Å². The highest BCUT2D eigenvalue weighted by Gasteiger charge is 2.42. The van der Waals surface area contributed by atoms with Gasteiger partial charge in [-0.2, -0.15) is 0 Å². The smallest absolute Gasteiger partial charge is 0.0000922 e. The average Bonchev–Trinajstić information content (AvgIpc) is 3.87. The van der Waals surface area contributed by atoms with Crippen molar-refractivity contribution in [3.05, 3.63) is 282 Å². The first-order valence-electron chi connectivity index (χ1n) is 22.3. The predicted octanol–water partition coefficient (Wildman–Crippen LogP) is 17.0. The molecule has 0 amide bonds. The van der Waals surface area contributed by atoms with Gasteiger partial charge in [0.15, 0.2) is 0 Å². The van der Waals surface area contributed by atoms with Gasteiger partial charge in [0, 0.05) is 0 Å². The molecule has 0 N–H and O–H groups in total. The molecule has 0 saturated heterocycles. The lowest BCUT2D eigenvalue weighted by Gasteiger charge is -2.21. The second-order valence-electron chi connectivity index (χ2n) is 17.0. The van der Waals surface area contributed by atoms with Crippen molar-refractivity contribution in [3.8, 4) is 22.3 Å². The van der Waals surface area contributed by atoms with E-state index in [1.54, 1.807) is 0 Å². The van der Waals surface area contributed by atoms with E-state index in [2.05, 4.69) is 243 Å². The van der Waals surface area contributed by atoms with Gasteiger partial charge in [-0.15, -0.1) is 0 Å². The monoisotopic (exact) mass is 808 g/mol. The molecule has 0 aliphatic heterocycles. The molecule has 0 bridgehead atoms. The second-order valence-corrected chi connectivity index (χ2v) is 17.0. The summed E-state index contributed by atoms with van der Waals surface area (Å²) in [5.74, 6) is 0. The van der Waals surface area contributed by atoms with E-state index in [4.69, 9.17) is 0 Å². The molecule has 2 aliphatic carbocycles. The van der Waals surface area contributed by atoms with Gasteiger partial charge in [0.05, 0.1) is 0 Å². The Hall–Kier alpha value is -8.32. The first kappa shape index (κ1) is 36.3. The Morgan fingerprint density at radius 2 is 0.469 bits per heavy atom. The van der Waals surface area contributed by atoms with E-state index in [1.807, 2.05) is 0 Å². The van der Waals surface area contributed by atoms with Crippen molar-refractivity contribution in [2.24, 2.45) is 0 Å². The maximum absolute atomic E-state index is 2.53. The maximum atomic E-state index is 2.53. The third kappa shape index (κ3) is 5.56. The second kappa shape index (κ2) is 14.7. The highest BCUT2D eigenvalue weighted by molar-refractivity contribution is 6.42. The van der Waals surface area contributed by atoms with Crippen LogP contribution in [0.1, 0.15) is 33.4 Å². The summed E-state index contributed by atoms with van der Waals surface area (Å²) in [6.45, 7) is 0. The van der Waals surface area contributed by atoms with E-state index in [0.29, 0.717) is 0 Å². The molecule has 296 valence electrons. The van der Waals surface area contributed by atoms with Crippen LogP contribution in [0, 0.1) is 0 Å². The SMILES string of the molecule is c1ccc(C2=C(c3ccccc3)C(c3c4ccccc4cc4ccccc34)=C3C2=C(c2c4ccccc4cc4ccccc24)c2cc(-c4ccccc4)c(-c4ccccc4)cc23)cc1. The zero-order chi connectivity index (χ0) is 42.1. The fourth-order valence-corrected chi connectivity index (χ4v) is 10.9. The summed E-state index contributed by atoms with van der Waals surface area (Å²) in [6.07, 6.45) is 0. The third-order valence-electron chi connectivity index (χ3n) is 13.5. The normalized spacial score (nSPS) is 13.4. The van der Waals surface area contributed by atoms with Gasteiger partial charge >= 0.3 is 0 Å². The molecule has 0 heteroatoms. The Balaban J connectivity index is 1.32. The molecule has 11 aromatic carbocycles. The lowest BCUT2D eigenvalue weighted by atomic mass is 9.81. The molecule has 0 aromatic heterocycles. The van der Waals surface area contributed by atoms with Crippen LogP contribution in [0.2, 0.25) is 0 Å². The van der Waals surface area contributed by atoms with Gasteiger partial charge in [0.25, 0.3) is 0 Å². The molecule has 64 heavy (non-hydrogen) atoms. The molecule has 13 rings (SSSR count). The molecule has 0 saturated carbocycles. The Morgan fingerprint density at radius 1 is 0.172 bits per heavy atom. The summed E-state index contributed by atoms with van der Waals surface area (Å²) in [5, 5.41) is 9.94. The Morgan fingerprint density at radius 3 is 0.859 bits per heavy atom. The van der Waals surface area contributed by atoms with Crippen molar-refractivity contribution in [2.45, 2.75) is 0 Å². The van der Waals surface area contributed by atoms with Gasteiger partial charge < -0.3 is 0 Å². The van der Waals surface area contributed by atoms with Crippen LogP contribution in [-0.4, -0.2) is 0 Å². The summed E-state index contributed by atoms with van der Waals surface area (Å²) in [4.78, 5) is 0. The van der Waals surface area contributed by atoms with Crippen LogP contribution in [0.3, 0.4) is 0 Å². The third-order valence-corrected chi connectivity index (χ3v) is 13.5. The van der Waals surface area contributed by atoms with Crippen molar-refractivity contribution in [3.63, 3.8) is 0 Å². The van der Waals surface area contributed by atoms with Crippen LogP contribution >= 0.6 is 0 Å². The first-order chi connectivity index (χ1) is 31.8. The van der Waals surface area contributed by atoms with Crippen LogP contribution < -0.4 is 0 Å². The van der Waals surface area contributed by atoms with Gasteiger partial charge in [0.2, 0.25) is 0 Å². The van der Waals surface area contributed by atoms with E-state index in [0.717, 1.165) is 0 Å². The Kier molecular flexibility index (Phi) is 8.32. The topological polar surface area (TPSA) is 0 Å². The highest BCUT2D eigenvalue weighted by atomic mass is 14.4. The molecule has 0 atom stereocenters. The minimum absolute atomic E-state index is 1.20. The van der Waals surface area contributed by atoms with E-state index < -0.39 is 0 Å². The lowest BCUT2D eigenvalue weighted by molar-refractivity contribution is 1.53. The zero-order valence-corrected chi connectivity index (χ0v) is 35.1. The fourth-order valence-electron chi connectivity index (χ4n) is 10.9. The van der Waals surface area contributed by atoms with Crippen molar-refractivity contribution in [1.29, 1.82) is 0 Å². The number of allylic oxidation sites excluding steroid dienone is 5. The van der Waals surface area contributed by atoms with Crippen molar-refractivity contribution in [2.75, 3.05) is 0 Å². The maximum Gasteiger partial charge on any atom is -0.0000922 e. The molecular formula is C64H40. The molecular weight excluding hydrogens is 769 g/mol. The summed E-state index contributed by atoms with van der Waals surface area (Å²) < 4.78 is 0. The standard InChI is InChI=1S/C64H40/c1-5-21-41(22-6-1)53-39-55-56(40-54(53)42-23-7-2-8-24-42)62-63(60-51-35-19-15-31-47(51)38-48-32-16-20-36-52(48)60)57(43-25-9-3-10-26-43)58(44-27-11-4-12-28-44)64(62)61(55)59-49-33-17-13-29-45(49)37-46-30-14-18-34-50(46)59/h1-40H. The van der Waals surface area contributed by atoms with Crippen LogP contribution in [0.5, 0.6) is 0 Å². The highest BCUT2D eigenvalue weighted by Crippen LogP contribution is 2.64. The van der Waals surface area contributed by atoms with Crippen LogP contribution in [-0.2, 0) is 0 Å². The Bertz CT molecular complexity index is 3670. The minimum atomic E-state index is 1.20. The van der Waals surface area contributed by atoms with Gasteiger partial charge in [-0.3, -0.25) is 0 Å². The molecule has 11 aromatic rings. The summed E-state index contributed by atoms with van der Waals surface area (Å²) in [7, 11) is 0. The first-order valence-corrected chi connectivity index (χ1v) is 22.3. The molecule has 0 unspecified atom stereocenters. The average molecular weight is 809 g/mol. The Labute approximate surface area is 373 Å². The van der Waals surface area contributed by atoms with Crippen LogP contribution in [0.4, 0.5) is 0 Å². The number of hydrogen-bond donors (Lipinski definition) is 0. The van der Waals surface area contributed by atoms with Gasteiger partial charge in [-0.1, -0.05) is 218 Å². The quantitative estimate of drug-likeness (QED) is 0.147. The summed E-state index contributed by atoms with van der Waals surface area (Å²) in [6, 6.07) is 90.1.